The maximum Gasteiger partial charge on any atom is 0.328 e. The van der Waals surface area contributed by atoms with Gasteiger partial charge >= 0.3 is 5.97 Å². The Hall–Kier alpha value is -2.19. The van der Waals surface area contributed by atoms with Gasteiger partial charge in [-0.05, 0) is 23.7 Å². The lowest BCUT2D eigenvalue weighted by atomic mass is 10.0. The molecule has 0 spiro atoms. The quantitative estimate of drug-likeness (QED) is 0.434. The van der Waals surface area contributed by atoms with Crippen molar-refractivity contribution in [3.63, 3.8) is 0 Å². The molecule has 0 heterocycles. The molecule has 7 nitrogen and oxygen atoms in total. The summed E-state index contributed by atoms with van der Waals surface area (Å²) < 4.78 is 11.0. The van der Waals surface area contributed by atoms with Gasteiger partial charge in [0.2, 0.25) is 11.8 Å². The minimum Gasteiger partial charge on any atom is -0.467 e. The van der Waals surface area contributed by atoms with Gasteiger partial charge in [-0.25, -0.2) is 4.79 Å². The van der Waals surface area contributed by atoms with E-state index >= 15 is 0 Å². The number of rotatable bonds is 10. The van der Waals surface area contributed by atoms with Gasteiger partial charge in [0.05, 0.1) is 7.11 Å². The van der Waals surface area contributed by atoms with Gasteiger partial charge in [-0.3, -0.25) is 9.59 Å². The third-order valence-corrected chi connectivity index (χ3v) is 9.99. The molecule has 30 heavy (non-hydrogen) atoms. The van der Waals surface area contributed by atoms with E-state index in [4.69, 9.17) is 9.16 Å². The number of carbonyl (C=O) groups is 3. The molecule has 0 aromatic heterocycles. The van der Waals surface area contributed by atoms with Crippen LogP contribution in [0.2, 0.25) is 18.1 Å². The molecule has 1 aromatic rings. The molecule has 1 aromatic carbocycles. The summed E-state index contributed by atoms with van der Waals surface area (Å²) in [5.41, 5.74) is 0.905. The Morgan fingerprint density at radius 1 is 1.03 bits per heavy atom. The number of hydrogen-bond donors (Lipinski definition) is 2. The second kappa shape index (κ2) is 11.3. The van der Waals surface area contributed by atoms with Crippen molar-refractivity contribution in [2.24, 2.45) is 0 Å². The number of hydrogen-bond acceptors (Lipinski definition) is 5. The van der Waals surface area contributed by atoms with Crippen LogP contribution in [-0.4, -0.2) is 51.9 Å². The Labute approximate surface area is 181 Å². The van der Waals surface area contributed by atoms with Crippen LogP contribution in [0.15, 0.2) is 30.3 Å². The molecule has 0 saturated heterocycles. The number of methoxy groups -OCH3 is 1. The molecular weight excluding hydrogens is 400 g/mol. The van der Waals surface area contributed by atoms with Crippen molar-refractivity contribution in [2.45, 2.75) is 70.8 Å². The molecule has 2 atom stereocenters. The van der Waals surface area contributed by atoms with Crippen LogP contribution in [0.5, 0.6) is 0 Å². The van der Waals surface area contributed by atoms with Crippen molar-refractivity contribution in [2.75, 3.05) is 13.7 Å². The molecule has 0 bridgehead atoms. The number of carbonyl (C=O) groups excluding carboxylic acids is 3. The zero-order valence-electron chi connectivity index (χ0n) is 19.2. The second-order valence-corrected chi connectivity index (χ2v) is 13.7. The monoisotopic (exact) mass is 436 g/mol. The maximum absolute atomic E-state index is 12.9. The summed E-state index contributed by atoms with van der Waals surface area (Å²) in [7, 11) is -0.690. The minimum atomic E-state index is -1.97. The first-order chi connectivity index (χ1) is 13.9. The van der Waals surface area contributed by atoms with Gasteiger partial charge < -0.3 is 19.8 Å². The first-order valence-corrected chi connectivity index (χ1v) is 13.1. The third-order valence-electron chi connectivity index (χ3n) is 5.45. The molecule has 0 saturated carbocycles. The van der Waals surface area contributed by atoms with E-state index in [9.17, 15) is 14.4 Å². The summed E-state index contributed by atoms with van der Waals surface area (Å²) in [5, 5.41) is 5.43. The van der Waals surface area contributed by atoms with Crippen LogP contribution >= 0.6 is 0 Å². The molecular formula is C22H36N2O5Si. The third kappa shape index (κ3) is 8.28. The van der Waals surface area contributed by atoms with E-state index in [2.05, 4.69) is 44.5 Å². The SMILES string of the molecule is COC(=O)[C@H](CCO[Si](C)(C)C(C)(C)C)NC(=O)[C@H](Cc1ccccc1)NC(C)=O. The summed E-state index contributed by atoms with van der Waals surface area (Å²) in [6.45, 7) is 12.4. The predicted octanol–water partition coefficient (Wildman–Crippen LogP) is 2.80. The topological polar surface area (TPSA) is 93.7 Å². The normalized spacial score (nSPS) is 13.8. The molecule has 0 radical (unpaired) electrons. The molecule has 0 aliphatic carbocycles. The van der Waals surface area contributed by atoms with Crippen LogP contribution in [-0.2, 0) is 30.0 Å². The average Bonchev–Trinajstić information content (AvgIpc) is 2.65. The molecule has 8 heteroatoms. The number of nitrogens with one attached hydrogen (secondary N) is 2. The van der Waals surface area contributed by atoms with Crippen molar-refractivity contribution in [3.05, 3.63) is 35.9 Å². The zero-order valence-corrected chi connectivity index (χ0v) is 20.2. The van der Waals surface area contributed by atoms with E-state index < -0.39 is 32.3 Å². The predicted molar refractivity (Wildman–Crippen MR) is 119 cm³/mol. The zero-order chi connectivity index (χ0) is 22.9. The fourth-order valence-corrected chi connectivity index (χ4v) is 3.68. The summed E-state index contributed by atoms with van der Waals surface area (Å²) in [6, 6.07) is 7.74. The van der Waals surface area contributed by atoms with E-state index in [1.54, 1.807) is 0 Å². The Bertz CT molecular complexity index is 716. The number of esters is 1. The van der Waals surface area contributed by atoms with Crippen LogP contribution in [0.25, 0.3) is 0 Å². The molecule has 0 unspecified atom stereocenters. The van der Waals surface area contributed by atoms with Gasteiger partial charge in [-0.2, -0.15) is 0 Å². The van der Waals surface area contributed by atoms with Gasteiger partial charge in [0.25, 0.3) is 0 Å². The number of benzene rings is 1. The van der Waals surface area contributed by atoms with Crippen molar-refractivity contribution < 1.29 is 23.5 Å². The van der Waals surface area contributed by atoms with Gasteiger partial charge in [-0.1, -0.05) is 51.1 Å². The lowest BCUT2D eigenvalue weighted by molar-refractivity contribution is -0.145. The highest BCUT2D eigenvalue weighted by atomic mass is 28.4. The maximum atomic E-state index is 12.9. The van der Waals surface area contributed by atoms with Crippen LogP contribution in [0.4, 0.5) is 0 Å². The fourth-order valence-electron chi connectivity index (χ4n) is 2.62. The largest absolute Gasteiger partial charge is 0.467 e. The van der Waals surface area contributed by atoms with Crippen molar-refractivity contribution in [1.29, 1.82) is 0 Å². The Balaban J connectivity index is 2.83. The highest BCUT2D eigenvalue weighted by Crippen LogP contribution is 2.36. The number of ether oxygens (including phenoxy) is 1. The van der Waals surface area contributed by atoms with Crippen molar-refractivity contribution in [1.82, 2.24) is 10.6 Å². The van der Waals surface area contributed by atoms with E-state index in [0.717, 1.165) is 5.56 Å². The number of amides is 2. The van der Waals surface area contributed by atoms with Crippen LogP contribution < -0.4 is 10.6 Å². The molecule has 1 rings (SSSR count). The Kier molecular flexibility index (Phi) is 9.71. The highest BCUT2D eigenvalue weighted by Gasteiger charge is 2.37. The fraction of sp³-hybridized carbons (Fsp3) is 0.591. The molecule has 2 N–H and O–H groups in total. The smallest absolute Gasteiger partial charge is 0.328 e. The standard InChI is InChI=1S/C22H36N2O5Si/c1-16(25)23-19(15-17-11-9-8-10-12-17)20(26)24-18(21(27)28-5)13-14-29-30(6,7)22(2,3)4/h8-12,18-19H,13-15H2,1-7H3,(H,23,25)(H,24,26)/t18-,19-/m0/s1. The Morgan fingerprint density at radius 3 is 2.13 bits per heavy atom. The first-order valence-electron chi connectivity index (χ1n) is 10.2. The molecule has 0 fully saturated rings. The summed E-state index contributed by atoms with van der Waals surface area (Å²) in [6.07, 6.45) is 0.615. The highest BCUT2D eigenvalue weighted by molar-refractivity contribution is 6.74. The van der Waals surface area contributed by atoms with E-state index in [-0.39, 0.29) is 10.9 Å². The lowest BCUT2D eigenvalue weighted by Gasteiger charge is -2.36. The lowest BCUT2D eigenvalue weighted by Crippen LogP contribution is -2.53. The summed E-state index contributed by atoms with van der Waals surface area (Å²) in [4.78, 5) is 36.7. The minimum absolute atomic E-state index is 0.0448. The van der Waals surface area contributed by atoms with Crippen LogP contribution in [0.3, 0.4) is 0 Å². The van der Waals surface area contributed by atoms with Gasteiger partial charge in [0.1, 0.15) is 12.1 Å². The second-order valence-electron chi connectivity index (χ2n) is 8.92. The molecule has 0 aliphatic rings. The van der Waals surface area contributed by atoms with Crippen molar-refractivity contribution >= 4 is 26.1 Å². The molecule has 0 aliphatic heterocycles. The van der Waals surface area contributed by atoms with Gasteiger partial charge in [0.15, 0.2) is 8.32 Å². The van der Waals surface area contributed by atoms with Crippen LogP contribution in [0, 0.1) is 0 Å². The van der Waals surface area contributed by atoms with Crippen molar-refractivity contribution in [3.8, 4) is 0 Å². The average molecular weight is 437 g/mol. The first kappa shape index (κ1) is 25.8. The molecule has 2 amide bonds. The van der Waals surface area contributed by atoms with E-state index in [1.807, 2.05) is 30.3 Å². The summed E-state index contributed by atoms with van der Waals surface area (Å²) in [5.74, 6) is -1.29. The molecule has 168 valence electrons. The van der Waals surface area contributed by atoms with Crippen LogP contribution in [0.1, 0.15) is 39.7 Å². The van der Waals surface area contributed by atoms with E-state index in [1.165, 1.54) is 14.0 Å². The van der Waals surface area contributed by atoms with Gasteiger partial charge in [-0.15, -0.1) is 0 Å². The Morgan fingerprint density at radius 2 is 1.63 bits per heavy atom. The summed E-state index contributed by atoms with van der Waals surface area (Å²) >= 11 is 0. The van der Waals surface area contributed by atoms with E-state index in [0.29, 0.717) is 19.4 Å². The van der Waals surface area contributed by atoms with Gasteiger partial charge in [0, 0.05) is 26.4 Å².